The number of carbonyl (C=O) groups excluding carboxylic acids is 1. The van der Waals surface area contributed by atoms with Gasteiger partial charge in [-0.1, -0.05) is 53.7 Å². The number of carbonyl (C=O) groups is 1. The molecule has 1 amide bonds. The van der Waals surface area contributed by atoms with E-state index < -0.39 is 0 Å². The first-order valence-corrected chi connectivity index (χ1v) is 8.95. The second kappa shape index (κ2) is 7.95. The van der Waals surface area contributed by atoms with Crippen LogP contribution in [0.25, 0.3) is 11.3 Å². The van der Waals surface area contributed by atoms with Crippen LogP contribution in [0.5, 0.6) is 0 Å². The van der Waals surface area contributed by atoms with Gasteiger partial charge < -0.3 is 11.2 Å². The summed E-state index contributed by atoms with van der Waals surface area (Å²) in [5.74, 6) is 5.84. The predicted molar refractivity (Wildman–Crippen MR) is 103 cm³/mol. The van der Waals surface area contributed by atoms with Crippen molar-refractivity contribution < 1.29 is 4.79 Å². The number of hydrogen-bond acceptors (Lipinski definition) is 5. The Balaban J connectivity index is 1.62. The molecule has 0 bridgehead atoms. The van der Waals surface area contributed by atoms with Crippen molar-refractivity contribution in [1.82, 2.24) is 9.66 Å². The van der Waals surface area contributed by atoms with Crippen molar-refractivity contribution in [2.24, 2.45) is 0 Å². The van der Waals surface area contributed by atoms with Crippen molar-refractivity contribution in [2.75, 3.05) is 16.9 Å². The Morgan fingerprint density at radius 3 is 2.77 bits per heavy atom. The van der Waals surface area contributed by atoms with Gasteiger partial charge in [0.15, 0.2) is 5.16 Å². The summed E-state index contributed by atoms with van der Waals surface area (Å²) in [5.41, 5.74) is 2.59. The van der Waals surface area contributed by atoms with E-state index in [0.29, 0.717) is 21.4 Å². The maximum Gasteiger partial charge on any atom is 0.234 e. The highest BCUT2D eigenvalue weighted by molar-refractivity contribution is 7.99. The smallest absolute Gasteiger partial charge is 0.234 e. The fourth-order valence-corrected chi connectivity index (χ4v) is 3.16. The topological polar surface area (TPSA) is 96.7 Å². The number of nitrogens with one attached hydrogen (secondary N) is 1. The van der Waals surface area contributed by atoms with Gasteiger partial charge in [-0.2, -0.15) is 5.26 Å². The molecule has 8 heteroatoms. The molecule has 0 aliphatic carbocycles. The number of nitriles is 1. The number of halogens is 1. The minimum absolute atomic E-state index is 0.139. The summed E-state index contributed by atoms with van der Waals surface area (Å²) in [6.07, 6.45) is 1.72. The number of hydrogen-bond donors (Lipinski definition) is 2. The van der Waals surface area contributed by atoms with Gasteiger partial charge in [0.25, 0.3) is 0 Å². The Morgan fingerprint density at radius 1 is 1.31 bits per heavy atom. The molecule has 0 unspecified atom stereocenters. The van der Waals surface area contributed by atoms with E-state index in [2.05, 4.69) is 10.3 Å². The van der Waals surface area contributed by atoms with Gasteiger partial charge in [-0.15, -0.1) is 0 Å². The van der Waals surface area contributed by atoms with E-state index in [1.54, 1.807) is 24.4 Å². The second-order valence-electron chi connectivity index (χ2n) is 5.33. The third-order valence-corrected chi connectivity index (χ3v) is 4.75. The third kappa shape index (κ3) is 4.17. The highest BCUT2D eigenvalue weighted by Crippen LogP contribution is 2.24. The van der Waals surface area contributed by atoms with Crippen molar-refractivity contribution in [3.63, 3.8) is 0 Å². The molecule has 1 heterocycles. The Morgan fingerprint density at radius 2 is 2.08 bits per heavy atom. The molecule has 130 valence electrons. The summed E-state index contributed by atoms with van der Waals surface area (Å²) in [5, 5.41) is 12.4. The fourth-order valence-electron chi connectivity index (χ4n) is 2.24. The molecule has 6 nitrogen and oxygen atoms in total. The number of thioether (sulfide) groups is 1. The Labute approximate surface area is 159 Å². The Hall–Kier alpha value is -2.95. The maximum absolute atomic E-state index is 12.1. The van der Waals surface area contributed by atoms with E-state index in [4.69, 9.17) is 22.7 Å². The standard InChI is InChI=1S/C18H14ClN5OS/c19-15-8-14(7-6-13(15)9-20)22-17(25)11-26-18-23-16(10-24(18)21)12-4-2-1-3-5-12/h1-8,10H,11,21H2,(H,22,25). The van der Waals surface area contributed by atoms with Gasteiger partial charge in [0, 0.05) is 11.3 Å². The molecule has 2 aromatic carbocycles. The number of amides is 1. The first-order chi connectivity index (χ1) is 12.6. The first kappa shape index (κ1) is 17.9. The highest BCUT2D eigenvalue weighted by Gasteiger charge is 2.11. The van der Waals surface area contributed by atoms with Crippen LogP contribution in [-0.4, -0.2) is 21.3 Å². The normalized spacial score (nSPS) is 10.3. The van der Waals surface area contributed by atoms with Gasteiger partial charge >= 0.3 is 0 Å². The number of anilines is 1. The summed E-state index contributed by atoms with van der Waals surface area (Å²) in [6, 6.07) is 16.4. The third-order valence-electron chi connectivity index (χ3n) is 3.47. The number of aromatic nitrogens is 2. The molecular weight excluding hydrogens is 370 g/mol. The van der Waals surface area contributed by atoms with Gasteiger partial charge in [-0.05, 0) is 18.2 Å². The van der Waals surface area contributed by atoms with Gasteiger partial charge in [0.2, 0.25) is 5.91 Å². The zero-order valence-corrected chi connectivity index (χ0v) is 15.1. The van der Waals surface area contributed by atoms with Crippen molar-refractivity contribution in [2.45, 2.75) is 5.16 Å². The molecule has 0 aliphatic rings. The zero-order chi connectivity index (χ0) is 18.5. The number of nitrogens with two attached hydrogens (primary N) is 1. The average molecular weight is 384 g/mol. The lowest BCUT2D eigenvalue weighted by Crippen LogP contribution is -2.15. The number of rotatable bonds is 5. The van der Waals surface area contributed by atoms with Crippen LogP contribution in [0.2, 0.25) is 5.02 Å². The molecule has 0 saturated heterocycles. The van der Waals surface area contributed by atoms with E-state index in [9.17, 15) is 4.79 Å². The lowest BCUT2D eigenvalue weighted by Gasteiger charge is -2.06. The molecule has 0 saturated carbocycles. The van der Waals surface area contributed by atoms with Gasteiger partial charge in [0.1, 0.15) is 6.07 Å². The molecule has 0 aliphatic heterocycles. The van der Waals surface area contributed by atoms with Crippen molar-refractivity contribution in [3.8, 4) is 17.3 Å². The number of imidazole rings is 1. The summed E-state index contributed by atoms with van der Waals surface area (Å²) >= 11 is 7.19. The predicted octanol–water partition coefficient (Wildman–Crippen LogP) is 3.52. The summed E-state index contributed by atoms with van der Waals surface area (Å²) < 4.78 is 1.40. The molecule has 0 fully saturated rings. The number of nitrogens with zero attached hydrogens (tertiary/aromatic N) is 3. The van der Waals surface area contributed by atoms with E-state index in [-0.39, 0.29) is 11.7 Å². The summed E-state index contributed by atoms with van der Waals surface area (Å²) in [7, 11) is 0. The molecule has 0 atom stereocenters. The van der Waals surface area contributed by atoms with Crippen LogP contribution in [-0.2, 0) is 4.79 Å². The van der Waals surface area contributed by atoms with Crippen LogP contribution in [0.1, 0.15) is 5.56 Å². The average Bonchev–Trinajstić information content (AvgIpc) is 3.02. The highest BCUT2D eigenvalue weighted by atomic mass is 35.5. The molecular formula is C18H14ClN5OS. The Bertz CT molecular complexity index is 981. The Kier molecular flexibility index (Phi) is 5.46. The van der Waals surface area contributed by atoms with Crippen LogP contribution < -0.4 is 11.2 Å². The maximum atomic E-state index is 12.1. The van der Waals surface area contributed by atoms with Crippen LogP contribution in [0.3, 0.4) is 0 Å². The quantitative estimate of drug-likeness (QED) is 0.519. The van der Waals surface area contributed by atoms with Crippen molar-refractivity contribution in [1.29, 1.82) is 5.26 Å². The number of benzene rings is 2. The molecule has 1 aromatic heterocycles. The largest absolute Gasteiger partial charge is 0.337 e. The summed E-state index contributed by atoms with van der Waals surface area (Å²) in [6.45, 7) is 0. The van der Waals surface area contributed by atoms with Crippen LogP contribution in [0, 0.1) is 11.3 Å². The van der Waals surface area contributed by atoms with Gasteiger partial charge in [-0.25, -0.2) is 9.66 Å². The van der Waals surface area contributed by atoms with E-state index in [1.807, 2.05) is 36.4 Å². The van der Waals surface area contributed by atoms with Crippen LogP contribution in [0.15, 0.2) is 59.9 Å². The molecule has 0 spiro atoms. The number of nitrogen functional groups attached to an aromatic ring is 1. The first-order valence-electron chi connectivity index (χ1n) is 7.59. The molecule has 3 rings (SSSR count). The second-order valence-corrected chi connectivity index (χ2v) is 6.67. The van der Waals surface area contributed by atoms with Crippen LogP contribution in [0.4, 0.5) is 5.69 Å². The van der Waals surface area contributed by atoms with Crippen molar-refractivity contribution in [3.05, 3.63) is 65.3 Å². The molecule has 0 radical (unpaired) electrons. The minimum Gasteiger partial charge on any atom is -0.337 e. The van der Waals surface area contributed by atoms with E-state index in [1.165, 1.54) is 16.4 Å². The zero-order valence-electron chi connectivity index (χ0n) is 13.5. The lowest BCUT2D eigenvalue weighted by molar-refractivity contribution is -0.113. The molecule has 26 heavy (non-hydrogen) atoms. The molecule has 3 N–H and O–H groups in total. The fraction of sp³-hybridized carbons (Fsp3) is 0.0556. The van der Waals surface area contributed by atoms with E-state index >= 15 is 0 Å². The van der Waals surface area contributed by atoms with Gasteiger partial charge in [-0.3, -0.25) is 4.79 Å². The minimum atomic E-state index is -0.222. The lowest BCUT2D eigenvalue weighted by atomic mass is 10.2. The van der Waals surface area contributed by atoms with Crippen LogP contribution >= 0.6 is 23.4 Å². The SMILES string of the molecule is N#Cc1ccc(NC(=O)CSc2nc(-c3ccccc3)cn2N)cc1Cl. The monoisotopic (exact) mass is 383 g/mol. The molecule has 3 aromatic rings. The summed E-state index contributed by atoms with van der Waals surface area (Å²) in [4.78, 5) is 16.6. The van der Waals surface area contributed by atoms with Crippen molar-refractivity contribution >= 4 is 35.0 Å². The van der Waals surface area contributed by atoms with Gasteiger partial charge in [0.05, 0.1) is 28.2 Å². The van der Waals surface area contributed by atoms with E-state index in [0.717, 1.165) is 11.3 Å².